The summed E-state index contributed by atoms with van der Waals surface area (Å²) in [5, 5.41) is 13.9. The molecule has 156 valence electrons. The zero-order valence-electron chi connectivity index (χ0n) is 16.7. The van der Waals surface area contributed by atoms with Crippen molar-refractivity contribution in [3.05, 3.63) is 63.7 Å². The average Bonchev–Trinajstić information content (AvgIpc) is 2.65. The Morgan fingerprint density at radius 1 is 1.21 bits per heavy atom. The van der Waals surface area contributed by atoms with Crippen LogP contribution in [0.1, 0.15) is 30.9 Å². The predicted octanol–water partition coefficient (Wildman–Crippen LogP) is 3.65. The first-order valence-corrected chi connectivity index (χ1v) is 11.1. The van der Waals surface area contributed by atoms with Crippen LogP contribution < -0.4 is 9.62 Å². The molecule has 1 amide bonds. The lowest BCUT2D eigenvalue weighted by Gasteiger charge is -2.24. The van der Waals surface area contributed by atoms with Gasteiger partial charge in [0.25, 0.3) is 5.69 Å². The number of aryl methyl sites for hydroxylation is 2. The van der Waals surface area contributed by atoms with E-state index in [2.05, 4.69) is 5.32 Å². The summed E-state index contributed by atoms with van der Waals surface area (Å²) in [5.41, 5.74) is 2.43. The lowest BCUT2D eigenvalue weighted by Crippen LogP contribution is -2.32. The molecule has 29 heavy (non-hydrogen) atoms. The molecule has 2 aromatic rings. The molecule has 0 heterocycles. The quantitative estimate of drug-likeness (QED) is 0.493. The monoisotopic (exact) mass is 419 g/mol. The molecule has 9 heteroatoms. The number of non-ortho nitro benzene ring substituents is 1. The number of nitro benzene ring substituents is 1. The van der Waals surface area contributed by atoms with Crippen molar-refractivity contribution >= 4 is 33.0 Å². The minimum atomic E-state index is -3.67. The van der Waals surface area contributed by atoms with Crippen molar-refractivity contribution in [1.29, 1.82) is 0 Å². The third-order valence-electron chi connectivity index (χ3n) is 4.51. The Hall–Kier alpha value is -2.94. The maximum atomic E-state index is 12.3. The lowest BCUT2D eigenvalue weighted by molar-refractivity contribution is -0.384. The highest BCUT2D eigenvalue weighted by Gasteiger charge is 2.22. The van der Waals surface area contributed by atoms with Crippen LogP contribution in [0.4, 0.5) is 17.1 Å². The van der Waals surface area contributed by atoms with Crippen LogP contribution in [0.5, 0.6) is 0 Å². The number of sulfonamides is 1. The molecular weight excluding hydrogens is 394 g/mol. The van der Waals surface area contributed by atoms with Gasteiger partial charge in [0.1, 0.15) is 0 Å². The van der Waals surface area contributed by atoms with Crippen molar-refractivity contribution in [2.24, 2.45) is 0 Å². The zero-order chi connectivity index (χ0) is 21.6. The van der Waals surface area contributed by atoms with Gasteiger partial charge in [-0.3, -0.25) is 19.2 Å². The Bertz CT molecular complexity index is 1000. The molecule has 0 atom stereocenters. The highest BCUT2D eigenvalue weighted by Crippen LogP contribution is 2.28. The number of hydrogen-bond donors (Lipinski definition) is 1. The number of carbonyl (C=O) groups excluding carboxylic acids is 1. The molecule has 2 aromatic carbocycles. The average molecular weight is 420 g/mol. The van der Waals surface area contributed by atoms with Crippen molar-refractivity contribution in [2.45, 2.75) is 33.1 Å². The Morgan fingerprint density at radius 3 is 2.52 bits per heavy atom. The van der Waals surface area contributed by atoms with Crippen LogP contribution in [0.2, 0.25) is 0 Å². The van der Waals surface area contributed by atoms with Crippen LogP contribution >= 0.6 is 0 Å². The van der Waals surface area contributed by atoms with Gasteiger partial charge in [-0.2, -0.15) is 0 Å². The van der Waals surface area contributed by atoms with E-state index >= 15 is 0 Å². The smallest absolute Gasteiger partial charge is 0.271 e. The number of amides is 1. The normalized spacial score (nSPS) is 11.1. The van der Waals surface area contributed by atoms with Crippen LogP contribution in [-0.2, 0) is 21.2 Å². The second-order valence-corrected chi connectivity index (χ2v) is 8.63. The molecule has 0 unspecified atom stereocenters. The van der Waals surface area contributed by atoms with Gasteiger partial charge in [0.2, 0.25) is 15.9 Å². The second-order valence-electron chi connectivity index (χ2n) is 6.73. The number of nitrogens with zero attached hydrogens (tertiary/aromatic N) is 2. The number of rotatable bonds is 9. The van der Waals surface area contributed by atoms with E-state index in [4.69, 9.17) is 0 Å². The van der Waals surface area contributed by atoms with Crippen molar-refractivity contribution in [3.8, 4) is 0 Å². The minimum absolute atomic E-state index is 0.0453. The first-order valence-electron chi connectivity index (χ1n) is 9.24. The van der Waals surface area contributed by atoms with E-state index in [1.54, 1.807) is 6.92 Å². The number of nitro groups is 1. The third-order valence-corrected chi connectivity index (χ3v) is 5.69. The van der Waals surface area contributed by atoms with Gasteiger partial charge in [0.15, 0.2) is 0 Å². The van der Waals surface area contributed by atoms with Gasteiger partial charge in [-0.05, 0) is 37.0 Å². The minimum Gasteiger partial charge on any atom is -0.326 e. The van der Waals surface area contributed by atoms with E-state index in [1.165, 1.54) is 18.2 Å². The molecule has 0 spiro atoms. The van der Waals surface area contributed by atoms with Gasteiger partial charge in [0.05, 0.1) is 16.9 Å². The van der Waals surface area contributed by atoms with E-state index in [0.29, 0.717) is 5.56 Å². The molecule has 0 bridgehead atoms. The molecular formula is C20H25N3O5S. The summed E-state index contributed by atoms with van der Waals surface area (Å²) in [5.74, 6) is -0.213. The van der Waals surface area contributed by atoms with Crippen molar-refractivity contribution in [3.63, 3.8) is 0 Å². The number of hydrogen-bond acceptors (Lipinski definition) is 5. The van der Waals surface area contributed by atoms with Crippen molar-refractivity contribution < 1.29 is 18.1 Å². The van der Waals surface area contributed by atoms with Crippen molar-refractivity contribution in [1.82, 2.24) is 0 Å². The number of carbonyl (C=O) groups is 1. The summed E-state index contributed by atoms with van der Waals surface area (Å²) < 4.78 is 25.7. The fourth-order valence-electron chi connectivity index (χ4n) is 2.99. The molecule has 0 saturated heterocycles. The topological polar surface area (TPSA) is 110 Å². The van der Waals surface area contributed by atoms with E-state index in [1.807, 2.05) is 31.2 Å². The Labute approximate surface area is 170 Å². The van der Waals surface area contributed by atoms with Crippen LogP contribution in [0.15, 0.2) is 42.5 Å². The summed E-state index contributed by atoms with van der Waals surface area (Å²) >= 11 is 0. The molecule has 0 aromatic heterocycles. The number of nitrogens with one attached hydrogen (secondary N) is 1. The van der Waals surface area contributed by atoms with Crippen LogP contribution in [-0.4, -0.2) is 32.0 Å². The summed E-state index contributed by atoms with van der Waals surface area (Å²) in [6.45, 7) is 3.73. The third kappa shape index (κ3) is 6.02. The lowest BCUT2D eigenvalue weighted by atomic mass is 10.1. The standard InChI is InChI=1S/C20H25N3O5S/c1-4-16-8-5-6-9-18(16)21-20(24)10-7-13-22(29(3,27)28)19-14-17(23(25)26)12-11-15(19)2/h5-6,8-9,11-12,14H,4,7,10,13H2,1-3H3,(H,21,24). The molecule has 0 aliphatic carbocycles. The van der Waals surface area contributed by atoms with Gasteiger partial charge in [-0.15, -0.1) is 0 Å². The summed E-state index contributed by atoms with van der Waals surface area (Å²) in [6.07, 6.45) is 2.22. The summed E-state index contributed by atoms with van der Waals surface area (Å²) in [7, 11) is -3.67. The molecule has 0 aliphatic heterocycles. The van der Waals surface area contributed by atoms with E-state index in [-0.39, 0.29) is 36.7 Å². The summed E-state index contributed by atoms with van der Waals surface area (Å²) in [4.78, 5) is 22.8. The number of benzene rings is 2. The van der Waals surface area contributed by atoms with Gasteiger partial charge >= 0.3 is 0 Å². The van der Waals surface area contributed by atoms with Gasteiger partial charge in [-0.1, -0.05) is 31.2 Å². The van der Waals surface area contributed by atoms with Crippen LogP contribution in [0.25, 0.3) is 0 Å². The molecule has 0 fully saturated rings. The molecule has 8 nitrogen and oxygen atoms in total. The molecule has 0 saturated carbocycles. The fourth-order valence-corrected chi connectivity index (χ4v) is 4.01. The number of anilines is 2. The first kappa shape index (κ1) is 22.4. The van der Waals surface area contributed by atoms with E-state index < -0.39 is 14.9 Å². The second kappa shape index (κ2) is 9.51. The largest absolute Gasteiger partial charge is 0.326 e. The maximum Gasteiger partial charge on any atom is 0.271 e. The van der Waals surface area contributed by atoms with Gasteiger partial charge in [-0.25, -0.2) is 8.42 Å². The van der Waals surface area contributed by atoms with E-state index in [0.717, 1.165) is 28.2 Å². The highest BCUT2D eigenvalue weighted by molar-refractivity contribution is 7.92. The Kier molecular flexibility index (Phi) is 7.33. The SMILES string of the molecule is CCc1ccccc1NC(=O)CCCN(c1cc([N+](=O)[O-])ccc1C)S(C)(=O)=O. The van der Waals surface area contributed by atoms with Gasteiger partial charge in [0, 0.05) is 30.8 Å². The molecule has 1 N–H and O–H groups in total. The first-order chi connectivity index (χ1) is 13.6. The number of para-hydroxylation sites is 1. The summed E-state index contributed by atoms with van der Waals surface area (Å²) in [6, 6.07) is 11.6. The van der Waals surface area contributed by atoms with E-state index in [9.17, 15) is 23.3 Å². The Balaban J connectivity index is 2.10. The fraction of sp³-hybridized carbons (Fsp3) is 0.350. The van der Waals surface area contributed by atoms with Crippen LogP contribution in [0.3, 0.4) is 0 Å². The molecule has 0 aliphatic rings. The molecule has 0 radical (unpaired) electrons. The predicted molar refractivity (Wildman–Crippen MR) is 114 cm³/mol. The zero-order valence-corrected chi connectivity index (χ0v) is 17.5. The van der Waals surface area contributed by atoms with Gasteiger partial charge < -0.3 is 5.32 Å². The van der Waals surface area contributed by atoms with Crippen molar-refractivity contribution in [2.75, 3.05) is 22.4 Å². The molecule has 2 rings (SSSR count). The Morgan fingerprint density at radius 2 is 1.90 bits per heavy atom. The van der Waals surface area contributed by atoms with Crippen LogP contribution in [0, 0.1) is 17.0 Å². The highest BCUT2D eigenvalue weighted by atomic mass is 32.2. The maximum absolute atomic E-state index is 12.3.